The van der Waals surface area contributed by atoms with Gasteiger partial charge in [0.25, 0.3) is 0 Å². The van der Waals surface area contributed by atoms with Crippen molar-refractivity contribution in [2.24, 2.45) is 0 Å². The largest absolute Gasteiger partial charge is 0.323 e. The SMILES string of the molecule is CC1Cc2ccccc2N1c1ccnc(Nc2ccccc2F)n1. The van der Waals surface area contributed by atoms with Crippen molar-refractivity contribution in [1.29, 1.82) is 0 Å². The molecule has 0 amide bonds. The van der Waals surface area contributed by atoms with Crippen molar-refractivity contribution in [3.8, 4) is 0 Å². The lowest BCUT2D eigenvalue weighted by Gasteiger charge is -2.24. The number of hydrogen-bond donors (Lipinski definition) is 1. The second-order valence-electron chi connectivity index (χ2n) is 5.90. The van der Waals surface area contributed by atoms with Gasteiger partial charge >= 0.3 is 0 Å². The van der Waals surface area contributed by atoms with E-state index in [-0.39, 0.29) is 5.82 Å². The van der Waals surface area contributed by atoms with Crippen molar-refractivity contribution < 1.29 is 4.39 Å². The molecule has 1 unspecified atom stereocenters. The van der Waals surface area contributed by atoms with E-state index < -0.39 is 0 Å². The Bertz CT molecular complexity index is 881. The minimum atomic E-state index is -0.327. The van der Waals surface area contributed by atoms with Crippen LogP contribution in [-0.2, 0) is 6.42 Å². The van der Waals surface area contributed by atoms with Gasteiger partial charge in [0.1, 0.15) is 11.6 Å². The van der Waals surface area contributed by atoms with E-state index >= 15 is 0 Å². The summed E-state index contributed by atoms with van der Waals surface area (Å²) in [6.45, 7) is 2.17. The van der Waals surface area contributed by atoms with Gasteiger partial charge in [-0.05, 0) is 43.2 Å². The molecule has 2 aromatic carbocycles. The van der Waals surface area contributed by atoms with Crippen molar-refractivity contribution in [3.05, 3.63) is 72.2 Å². The first-order valence-electron chi connectivity index (χ1n) is 7.94. The third kappa shape index (κ3) is 2.58. The Morgan fingerprint density at radius 3 is 2.75 bits per heavy atom. The molecule has 24 heavy (non-hydrogen) atoms. The Morgan fingerprint density at radius 2 is 1.88 bits per heavy atom. The smallest absolute Gasteiger partial charge is 0.229 e. The van der Waals surface area contributed by atoms with E-state index in [0.29, 0.717) is 17.7 Å². The van der Waals surface area contributed by atoms with Gasteiger partial charge in [0, 0.05) is 17.9 Å². The van der Waals surface area contributed by atoms with E-state index in [4.69, 9.17) is 0 Å². The number of nitrogens with one attached hydrogen (secondary N) is 1. The van der Waals surface area contributed by atoms with Crippen molar-refractivity contribution in [1.82, 2.24) is 9.97 Å². The van der Waals surface area contributed by atoms with Crippen LogP contribution in [0.1, 0.15) is 12.5 Å². The van der Waals surface area contributed by atoms with Crippen molar-refractivity contribution >= 4 is 23.1 Å². The summed E-state index contributed by atoms with van der Waals surface area (Å²) in [5.74, 6) is 0.863. The molecule has 0 saturated heterocycles. The van der Waals surface area contributed by atoms with Gasteiger partial charge in [0.05, 0.1) is 5.69 Å². The molecule has 0 fully saturated rings. The average molecular weight is 320 g/mol. The van der Waals surface area contributed by atoms with Crippen LogP contribution in [-0.4, -0.2) is 16.0 Å². The van der Waals surface area contributed by atoms with Crippen molar-refractivity contribution in [2.75, 3.05) is 10.2 Å². The number of nitrogens with zero attached hydrogens (tertiary/aromatic N) is 3. The summed E-state index contributed by atoms with van der Waals surface area (Å²) in [5, 5.41) is 2.95. The Kier molecular flexibility index (Phi) is 3.61. The molecule has 2 heterocycles. The number of para-hydroxylation sites is 2. The molecule has 0 spiro atoms. The molecule has 4 nitrogen and oxygen atoms in total. The predicted octanol–water partition coefficient (Wildman–Crippen LogP) is 4.44. The fourth-order valence-electron chi connectivity index (χ4n) is 3.14. The summed E-state index contributed by atoms with van der Waals surface area (Å²) in [4.78, 5) is 11.0. The molecule has 1 atom stereocenters. The number of hydrogen-bond acceptors (Lipinski definition) is 4. The van der Waals surface area contributed by atoms with E-state index in [1.54, 1.807) is 24.4 Å². The highest BCUT2D eigenvalue weighted by atomic mass is 19.1. The normalized spacial score (nSPS) is 16.1. The van der Waals surface area contributed by atoms with Gasteiger partial charge in [-0.3, -0.25) is 0 Å². The van der Waals surface area contributed by atoms with Gasteiger partial charge < -0.3 is 10.2 Å². The number of fused-ring (bicyclic) bond motifs is 1. The molecule has 1 aliphatic rings. The van der Waals surface area contributed by atoms with Crippen LogP contribution in [0.15, 0.2) is 60.8 Å². The molecule has 4 rings (SSSR count). The van der Waals surface area contributed by atoms with Crippen molar-refractivity contribution in [3.63, 3.8) is 0 Å². The summed E-state index contributed by atoms with van der Waals surface area (Å²) in [7, 11) is 0. The summed E-state index contributed by atoms with van der Waals surface area (Å²) < 4.78 is 13.8. The maximum Gasteiger partial charge on any atom is 0.229 e. The summed E-state index contributed by atoms with van der Waals surface area (Å²) in [6, 6.07) is 17.0. The van der Waals surface area contributed by atoms with Crippen LogP contribution in [0.4, 0.5) is 27.5 Å². The van der Waals surface area contributed by atoms with Gasteiger partial charge in [-0.1, -0.05) is 30.3 Å². The fourth-order valence-corrected chi connectivity index (χ4v) is 3.14. The second-order valence-corrected chi connectivity index (χ2v) is 5.90. The van der Waals surface area contributed by atoms with Crippen LogP contribution in [0.5, 0.6) is 0 Å². The monoisotopic (exact) mass is 320 g/mol. The van der Waals surface area contributed by atoms with Crippen LogP contribution in [0.3, 0.4) is 0 Å². The molecule has 1 N–H and O–H groups in total. The first-order valence-corrected chi connectivity index (χ1v) is 7.94. The molecule has 0 aliphatic carbocycles. The predicted molar refractivity (Wildman–Crippen MR) is 93.5 cm³/mol. The Hall–Kier alpha value is -2.95. The fraction of sp³-hybridized carbons (Fsp3) is 0.158. The molecule has 0 bridgehead atoms. The van der Waals surface area contributed by atoms with Crippen LogP contribution in [0, 0.1) is 5.82 Å². The van der Waals surface area contributed by atoms with Gasteiger partial charge in [-0.15, -0.1) is 0 Å². The maximum atomic E-state index is 13.8. The Balaban J connectivity index is 1.67. The molecule has 1 aliphatic heterocycles. The summed E-state index contributed by atoms with van der Waals surface area (Å²) in [6.07, 6.45) is 2.68. The number of rotatable bonds is 3. The first-order chi connectivity index (χ1) is 11.7. The molecule has 3 aromatic rings. The van der Waals surface area contributed by atoms with Crippen LogP contribution in [0.2, 0.25) is 0 Å². The third-order valence-electron chi connectivity index (χ3n) is 4.22. The lowest BCUT2D eigenvalue weighted by molar-refractivity contribution is 0.631. The zero-order valence-corrected chi connectivity index (χ0v) is 13.3. The van der Waals surface area contributed by atoms with Gasteiger partial charge in [0.2, 0.25) is 5.95 Å². The lowest BCUT2D eigenvalue weighted by atomic mass is 10.1. The quantitative estimate of drug-likeness (QED) is 0.774. The van der Waals surface area contributed by atoms with Gasteiger partial charge in [0.15, 0.2) is 0 Å². The topological polar surface area (TPSA) is 41.1 Å². The standard InChI is InChI=1S/C19H17FN4/c1-13-12-14-6-2-5-9-17(14)24(13)18-10-11-21-19(23-18)22-16-8-4-3-7-15(16)20/h2-11,13H,12H2,1H3,(H,21,22,23). The van der Waals surface area contributed by atoms with E-state index in [0.717, 1.165) is 12.2 Å². The Morgan fingerprint density at radius 1 is 1.08 bits per heavy atom. The first kappa shape index (κ1) is 14.6. The second kappa shape index (κ2) is 5.92. The van der Waals surface area contributed by atoms with Crippen molar-refractivity contribution in [2.45, 2.75) is 19.4 Å². The summed E-state index contributed by atoms with van der Waals surface area (Å²) >= 11 is 0. The van der Waals surface area contributed by atoms with E-state index in [9.17, 15) is 4.39 Å². The minimum absolute atomic E-state index is 0.318. The summed E-state index contributed by atoms with van der Waals surface area (Å²) in [5.41, 5.74) is 2.84. The molecule has 1 aromatic heterocycles. The van der Waals surface area contributed by atoms with Crippen LogP contribution < -0.4 is 10.2 Å². The van der Waals surface area contributed by atoms with Gasteiger partial charge in [-0.25, -0.2) is 9.37 Å². The minimum Gasteiger partial charge on any atom is -0.323 e. The molecule has 5 heteroatoms. The number of halogens is 1. The molecular weight excluding hydrogens is 303 g/mol. The van der Waals surface area contributed by atoms with Crippen LogP contribution in [0.25, 0.3) is 0 Å². The molecule has 120 valence electrons. The highest BCUT2D eigenvalue weighted by Crippen LogP contribution is 2.37. The number of aromatic nitrogens is 2. The average Bonchev–Trinajstić information content (AvgIpc) is 2.93. The number of benzene rings is 2. The molecule has 0 radical (unpaired) electrons. The molecule has 0 saturated carbocycles. The highest BCUT2D eigenvalue weighted by Gasteiger charge is 2.27. The highest BCUT2D eigenvalue weighted by molar-refractivity contribution is 5.69. The van der Waals surface area contributed by atoms with E-state index in [1.807, 2.05) is 12.1 Å². The number of anilines is 4. The van der Waals surface area contributed by atoms with Crippen LogP contribution >= 0.6 is 0 Å². The zero-order valence-electron chi connectivity index (χ0n) is 13.3. The maximum absolute atomic E-state index is 13.8. The third-order valence-corrected chi connectivity index (χ3v) is 4.22. The van der Waals surface area contributed by atoms with E-state index in [2.05, 4.69) is 45.3 Å². The zero-order chi connectivity index (χ0) is 16.5. The Labute approximate surface area is 140 Å². The lowest BCUT2D eigenvalue weighted by Crippen LogP contribution is -2.25. The van der Waals surface area contributed by atoms with Gasteiger partial charge in [-0.2, -0.15) is 4.98 Å². The molecular formula is C19H17FN4. The van der Waals surface area contributed by atoms with E-state index in [1.165, 1.54) is 17.3 Å².